The first-order chi connectivity index (χ1) is 15.1. The Morgan fingerprint density at radius 1 is 1.16 bits per heavy atom. The normalized spacial score (nSPS) is 16.1. The first-order valence-corrected chi connectivity index (χ1v) is 11.5. The lowest BCUT2D eigenvalue weighted by molar-refractivity contribution is 0.0683. The van der Waals surface area contributed by atoms with E-state index < -0.39 is 6.10 Å². The van der Waals surface area contributed by atoms with Crippen molar-refractivity contribution in [2.24, 2.45) is 0 Å². The van der Waals surface area contributed by atoms with E-state index in [0.29, 0.717) is 18.0 Å². The number of hydrogen-bond donors (Lipinski definition) is 3. The monoisotopic (exact) mass is 430 g/mol. The van der Waals surface area contributed by atoms with Gasteiger partial charge < -0.3 is 24.8 Å². The number of H-pyrrole nitrogens is 1. The van der Waals surface area contributed by atoms with Crippen molar-refractivity contribution < 1.29 is 14.6 Å². The number of rotatable bonds is 11. The van der Waals surface area contributed by atoms with Crippen LogP contribution in [-0.2, 0) is 13.0 Å². The Morgan fingerprint density at radius 2 is 1.94 bits per heavy atom. The van der Waals surface area contributed by atoms with Gasteiger partial charge in [0.2, 0.25) is 0 Å². The molecule has 3 rings (SSSR count). The van der Waals surface area contributed by atoms with Crippen molar-refractivity contribution in [3.63, 3.8) is 0 Å². The Balaban J connectivity index is 1.44. The van der Waals surface area contributed by atoms with Crippen LogP contribution in [-0.4, -0.2) is 66.2 Å². The number of aryl methyl sites for hydroxylation is 2. The minimum Gasteiger partial charge on any atom is -0.493 e. The number of aliphatic hydroxyl groups excluding tert-OH is 1. The molecule has 1 aromatic heterocycles. The predicted molar refractivity (Wildman–Crippen MR) is 123 cm³/mol. The molecule has 31 heavy (non-hydrogen) atoms. The maximum atomic E-state index is 10.4. The molecule has 1 aliphatic heterocycles. The second-order valence-corrected chi connectivity index (χ2v) is 8.50. The molecule has 172 valence electrons. The smallest absolute Gasteiger partial charge is 0.161 e. The topological polar surface area (TPSA) is 82.6 Å². The van der Waals surface area contributed by atoms with Crippen LogP contribution in [0.2, 0.25) is 0 Å². The van der Waals surface area contributed by atoms with Crippen molar-refractivity contribution in [3.05, 3.63) is 40.7 Å². The lowest BCUT2D eigenvalue weighted by Crippen LogP contribution is -2.36. The number of hydrogen-bond acceptors (Lipinski definition) is 6. The molecule has 0 spiro atoms. The highest BCUT2D eigenvalue weighted by Crippen LogP contribution is 2.28. The summed E-state index contributed by atoms with van der Waals surface area (Å²) in [5.41, 5.74) is 4.63. The van der Waals surface area contributed by atoms with Crippen LogP contribution in [0.15, 0.2) is 18.2 Å². The van der Waals surface area contributed by atoms with Crippen molar-refractivity contribution in [1.82, 2.24) is 20.4 Å². The van der Waals surface area contributed by atoms with Gasteiger partial charge in [0.1, 0.15) is 12.7 Å². The van der Waals surface area contributed by atoms with Gasteiger partial charge in [0, 0.05) is 18.8 Å². The molecule has 2 heterocycles. The van der Waals surface area contributed by atoms with Crippen molar-refractivity contribution in [2.45, 2.75) is 58.6 Å². The average molecular weight is 431 g/mol. The molecule has 3 N–H and O–H groups in total. The van der Waals surface area contributed by atoms with E-state index in [0.717, 1.165) is 49.6 Å². The zero-order valence-electron chi connectivity index (χ0n) is 19.2. The van der Waals surface area contributed by atoms with E-state index in [1.807, 2.05) is 25.1 Å². The molecule has 1 aromatic carbocycles. The fourth-order valence-electron chi connectivity index (χ4n) is 4.19. The largest absolute Gasteiger partial charge is 0.493 e. The van der Waals surface area contributed by atoms with Crippen molar-refractivity contribution >= 4 is 0 Å². The van der Waals surface area contributed by atoms with Gasteiger partial charge in [-0.05, 0) is 76.0 Å². The Kier molecular flexibility index (Phi) is 9.18. The molecule has 7 nitrogen and oxygen atoms in total. The molecule has 1 unspecified atom stereocenters. The lowest BCUT2D eigenvalue weighted by Gasteiger charge is -2.23. The number of methoxy groups -OCH3 is 1. The van der Waals surface area contributed by atoms with Crippen LogP contribution in [0.4, 0.5) is 0 Å². The number of aromatic nitrogens is 2. The first-order valence-electron chi connectivity index (χ1n) is 11.5. The van der Waals surface area contributed by atoms with Crippen LogP contribution in [0.5, 0.6) is 11.5 Å². The van der Waals surface area contributed by atoms with Crippen LogP contribution >= 0.6 is 0 Å². The summed E-state index contributed by atoms with van der Waals surface area (Å²) in [6.07, 6.45) is 5.48. The third-order valence-corrected chi connectivity index (χ3v) is 5.99. The summed E-state index contributed by atoms with van der Waals surface area (Å²) >= 11 is 0. The summed E-state index contributed by atoms with van der Waals surface area (Å²) in [6.45, 7) is 8.81. The van der Waals surface area contributed by atoms with Gasteiger partial charge in [-0.25, -0.2) is 0 Å². The zero-order valence-corrected chi connectivity index (χ0v) is 19.2. The van der Waals surface area contributed by atoms with E-state index in [1.54, 1.807) is 7.11 Å². The van der Waals surface area contributed by atoms with Gasteiger partial charge in [-0.15, -0.1) is 0 Å². The van der Waals surface area contributed by atoms with E-state index in [4.69, 9.17) is 9.47 Å². The molecule has 0 amide bonds. The molecular formula is C24H38N4O3. The van der Waals surface area contributed by atoms with E-state index >= 15 is 0 Å². The third-order valence-electron chi connectivity index (χ3n) is 5.99. The van der Waals surface area contributed by atoms with E-state index in [2.05, 4.69) is 27.3 Å². The van der Waals surface area contributed by atoms with Crippen molar-refractivity contribution in [2.75, 3.05) is 39.9 Å². The van der Waals surface area contributed by atoms with E-state index in [-0.39, 0.29) is 6.61 Å². The summed E-state index contributed by atoms with van der Waals surface area (Å²) in [7, 11) is 1.65. The highest BCUT2D eigenvalue weighted by molar-refractivity contribution is 5.43. The zero-order chi connectivity index (χ0) is 22.1. The maximum Gasteiger partial charge on any atom is 0.161 e. The van der Waals surface area contributed by atoms with Gasteiger partial charge in [0.25, 0.3) is 0 Å². The Morgan fingerprint density at radius 3 is 2.61 bits per heavy atom. The van der Waals surface area contributed by atoms with Crippen LogP contribution in [0.1, 0.15) is 48.2 Å². The second-order valence-electron chi connectivity index (χ2n) is 8.50. The molecule has 1 fully saturated rings. The van der Waals surface area contributed by atoms with Crippen molar-refractivity contribution in [1.29, 1.82) is 0 Å². The second kappa shape index (κ2) is 12.1. The SMILES string of the molecule is COc1cc(CNCCc2c(C)n[nH]c2C)ccc1OCC(O)CN1CCCCCC1. The maximum absolute atomic E-state index is 10.4. The minimum absolute atomic E-state index is 0.272. The van der Waals surface area contributed by atoms with Gasteiger partial charge in [-0.1, -0.05) is 18.9 Å². The van der Waals surface area contributed by atoms with Gasteiger partial charge >= 0.3 is 0 Å². The summed E-state index contributed by atoms with van der Waals surface area (Å²) in [5, 5.41) is 21.2. The predicted octanol–water partition coefficient (Wildman–Crippen LogP) is 2.98. The number of aliphatic hydroxyl groups is 1. The quantitative estimate of drug-likeness (QED) is 0.476. The number of nitrogens with zero attached hydrogens (tertiary/aromatic N) is 2. The Labute approximate surface area is 186 Å². The van der Waals surface area contributed by atoms with Crippen LogP contribution in [0, 0.1) is 13.8 Å². The van der Waals surface area contributed by atoms with E-state index in [1.165, 1.54) is 31.2 Å². The number of likely N-dealkylation sites (tertiary alicyclic amines) is 1. The minimum atomic E-state index is -0.501. The van der Waals surface area contributed by atoms with Gasteiger partial charge in [0.15, 0.2) is 11.5 Å². The highest BCUT2D eigenvalue weighted by Gasteiger charge is 2.15. The number of nitrogens with one attached hydrogen (secondary N) is 2. The molecule has 1 atom stereocenters. The van der Waals surface area contributed by atoms with Gasteiger partial charge in [-0.2, -0.15) is 5.10 Å². The Bertz CT molecular complexity index is 781. The molecular weight excluding hydrogens is 392 g/mol. The number of β-amino-alcohol motifs (C(OH)–C–C–N with tert-alkyl or cyclic N) is 1. The van der Waals surface area contributed by atoms with Gasteiger partial charge in [0.05, 0.1) is 12.8 Å². The summed E-state index contributed by atoms with van der Waals surface area (Å²) in [6, 6.07) is 5.97. The van der Waals surface area contributed by atoms with Crippen molar-refractivity contribution in [3.8, 4) is 11.5 Å². The van der Waals surface area contributed by atoms with Crippen LogP contribution in [0.3, 0.4) is 0 Å². The molecule has 0 saturated carbocycles. The summed E-state index contributed by atoms with van der Waals surface area (Å²) in [5.74, 6) is 1.37. The molecule has 2 aromatic rings. The summed E-state index contributed by atoms with van der Waals surface area (Å²) < 4.78 is 11.4. The first kappa shape index (κ1) is 23.6. The molecule has 0 aliphatic carbocycles. The average Bonchev–Trinajstić information content (AvgIpc) is 2.95. The standard InChI is InChI=1S/C24H38N4O3/c1-18-22(19(2)27-26-18)10-11-25-15-20-8-9-23(24(14-20)30-3)31-17-21(29)16-28-12-6-4-5-7-13-28/h8-9,14,21,25,29H,4-7,10-13,15-17H2,1-3H3,(H,26,27). The third kappa shape index (κ3) is 7.23. The number of benzene rings is 1. The fraction of sp³-hybridized carbons (Fsp3) is 0.625. The molecule has 7 heteroatoms. The van der Waals surface area contributed by atoms with Crippen LogP contribution in [0.25, 0.3) is 0 Å². The number of aromatic amines is 1. The molecule has 1 saturated heterocycles. The lowest BCUT2D eigenvalue weighted by atomic mass is 10.1. The fourth-order valence-corrected chi connectivity index (χ4v) is 4.19. The molecule has 1 aliphatic rings. The summed E-state index contributed by atoms with van der Waals surface area (Å²) in [4.78, 5) is 2.35. The molecule has 0 bridgehead atoms. The number of ether oxygens (including phenoxy) is 2. The Hall–Kier alpha value is -2.09. The highest BCUT2D eigenvalue weighted by atomic mass is 16.5. The van der Waals surface area contributed by atoms with Gasteiger partial charge in [-0.3, -0.25) is 5.10 Å². The van der Waals surface area contributed by atoms with E-state index in [9.17, 15) is 5.11 Å². The van der Waals surface area contributed by atoms with Crippen LogP contribution < -0.4 is 14.8 Å². The molecule has 0 radical (unpaired) electrons.